The van der Waals surface area contributed by atoms with Crippen molar-refractivity contribution >= 4 is 21.9 Å². The molecule has 0 amide bonds. The molecule has 0 radical (unpaired) electrons. The van der Waals surface area contributed by atoms with Crippen LogP contribution in [0, 0.1) is 0 Å². The van der Waals surface area contributed by atoms with Gasteiger partial charge in [-0.05, 0) is 54.9 Å². The molecule has 1 aliphatic rings. The van der Waals surface area contributed by atoms with Crippen LogP contribution < -0.4 is 4.74 Å². The van der Waals surface area contributed by atoms with E-state index in [1.165, 1.54) is 18.9 Å². The summed E-state index contributed by atoms with van der Waals surface area (Å²) in [5.41, 5.74) is 0.0918. The molecule has 0 spiro atoms. The Kier molecular flexibility index (Phi) is 4.76. The Morgan fingerprint density at radius 2 is 2.47 bits per heavy atom. The van der Waals surface area contributed by atoms with Crippen molar-refractivity contribution in [2.45, 2.75) is 25.3 Å². The van der Waals surface area contributed by atoms with Crippen molar-refractivity contribution in [1.29, 1.82) is 0 Å². The summed E-state index contributed by atoms with van der Waals surface area (Å²) in [7, 11) is 2.11. The Morgan fingerprint density at radius 1 is 1.68 bits per heavy atom. The van der Waals surface area contributed by atoms with E-state index in [-0.39, 0.29) is 11.4 Å². The molecule has 1 saturated heterocycles. The molecule has 1 aromatic rings. The zero-order valence-electron chi connectivity index (χ0n) is 10.8. The Bertz CT molecular complexity index is 467. The van der Waals surface area contributed by atoms with Crippen LogP contribution in [0.5, 0.6) is 5.88 Å². The number of ether oxygens (including phenoxy) is 1. The number of carboxylic acid groups (broad SMARTS) is 1. The quantitative estimate of drug-likeness (QED) is 0.899. The molecule has 1 N–H and O–H groups in total. The third-order valence-electron chi connectivity index (χ3n) is 3.41. The van der Waals surface area contributed by atoms with Gasteiger partial charge in [0.25, 0.3) is 0 Å². The van der Waals surface area contributed by atoms with Gasteiger partial charge in [0.15, 0.2) is 0 Å². The number of pyridine rings is 1. The fourth-order valence-electron chi connectivity index (χ4n) is 2.33. The van der Waals surface area contributed by atoms with Crippen molar-refractivity contribution in [3.8, 4) is 5.88 Å². The largest absolute Gasteiger partial charge is 0.477 e. The first kappa shape index (κ1) is 14.3. The first-order chi connectivity index (χ1) is 9.08. The summed E-state index contributed by atoms with van der Waals surface area (Å²) >= 11 is 3.21. The highest BCUT2D eigenvalue weighted by atomic mass is 79.9. The Balaban J connectivity index is 1.94. The monoisotopic (exact) mass is 328 g/mol. The summed E-state index contributed by atoms with van der Waals surface area (Å²) in [4.78, 5) is 17.4. The second kappa shape index (κ2) is 6.34. The molecule has 6 heteroatoms. The van der Waals surface area contributed by atoms with Gasteiger partial charge >= 0.3 is 5.97 Å². The molecule has 0 saturated carbocycles. The third kappa shape index (κ3) is 3.67. The average Bonchev–Trinajstić information content (AvgIpc) is 2.77. The van der Waals surface area contributed by atoms with Crippen molar-refractivity contribution in [3.63, 3.8) is 0 Å². The second-order valence-electron chi connectivity index (χ2n) is 4.73. The molecule has 104 valence electrons. The van der Waals surface area contributed by atoms with Crippen molar-refractivity contribution in [2.24, 2.45) is 0 Å². The van der Waals surface area contributed by atoms with Crippen LogP contribution in [0.25, 0.3) is 0 Å². The maximum absolute atomic E-state index is 11.1. The maximum Gasteiger partial charge on any atom is 0.341 e. The summed E-state index contributed by atoms with van der Waals surface area (Å²) in [5.74, 6) is -0.835. The van der Waals surface area contributed by atoms with Crippen LogP contribution >= 0.6 is 15.9 Å². The molecule has 0 aromatic carbocycles. The van der Waals surface area contributed by atoms with E-state index >= 15 is 0 Å². The van der Waals surface area contributed by atoms with E-state index < -0.39 is 5.97 Å². The molecule has 1 aromatic heterocycles. The van der Waals surface area contributed by atoms with Crippen LogP contribution in [-0.2, 0) is 0 Å². The number of nitrogens with zero attached hydrogens (tertiary/aromatic N) is 2. The fourth-order valence-corrected chi connectivity index (χ4v) is 2.66. The van der Waals surface area contributed by atoms with E-state index in [2.05, 4.69) is 32.9 Å². The minimum Gasteiger partial charge on any atom is -0.477 e. The summed E-state index contributed by atoms with van der Waals surface area (Å²) in [6.07, 6.45) is 4.84. The normalized spacial score (nSPS) is 19.6. The highest BCUT2D eigenvalue weighted by molar-refractivity contribution is 9.10. The molecule has 2 rings (SSSR count). The highest BCUT2D eigenvalue weighted by Crippen LogP contribution is 2.22. The van der Waals surface area contributed by atoms with Gasteiger partial charge in [-0.15, -0.1) is 0 Å². The van der Waals surface area contributed by atoms with E-state index in [1.807, 2.05) is 0 Å². The Hall–Kier alpha value is -1.14. The maximum atomic E-state index is 11.1. The van der Waals surface area contributed by atoms with E-state index in [4.69, 9.17) is 9.84 Å². The Labute approximate surface area is 120 Å². The molecule has 1 fully saturated rings. The number of likely N-dealkylation sites (tertiary alicyclic amines) is 1. The predicted octanol–water partition coefficient (Wildman–Crippen LogP) is 2.41. The van der Waals surface area contributed by atoms with Gasteiger partial charge in [-0.25, -0.2) is 9.78 Å². The van der Waals surface area contributed by atoms with Crippen molar-refractivity contribution < 1.29 is 14.6 Å². The lowest BCUT2D eigenvalue weighted by Gasteiger charge is -2.19. The number of carbonyl (C=O) groups is 1. The number of rotatable bonds is 5. The van der Waals surface area contributed by atoms with Crippen molar-refractivity contribution in [3.05, 3.63) is 22.3 Å². The van der Waals surface area contributed by atoms with E-state index in [0.29, 0.717) is 17.1 Å². The molecule has 5 nitrogen and oxygen atoms in total. The summed E-state index contributed by atoms with van der Waals surface area (Å²) in [6.45, 7) is 1.62. The van der Waals surface area contributed by atoms with Crippen LogP contribution in [0.3, 0.4) is 0 Å². The van der Waals surface area contributed by atoms with Gasteiger partial charge in [0.05, 0.1) is 6.61 Å². The Morgan fingerprint density at radius 3 is 3.11 bits per heavy atom. The van der Waals surface area contributed by atoms with Gasteiger partial charge in [-0.2, -0.15) is 0 Å². The predicted molar refractivity (Wildman–Crippen MR) is 74.7 cm³/mol. The van der Waals surface area contributed by atoms with Gasteiger partial charge in [-0.1, -0.05) is 0 Å². The lowest BCUT2D eigenvalue weighted by atomic mass is 10.1. The molecule has 1 atom stereocenters. The average molecular weight is 329 g/mol. The van der Waals surface area contributed by atoms with Crippen molar-refractivity contribution in [1.82, 2.24) is 9.88 Å². The fraction of sp³-hybridized carbons (Fsp3) is 0.538. The minimum absolute atomic E-state index is 0.0918. The van der Waals surface area contributed by atoms with E-state index in [0.717, 1.165) is 13.0 Å². The molecular weight excluding hydrogens is 312 g/mol. The molecule has 0 bridgehead atoms. The van der Waals surface area contributed by atoms with Gasteiger partial charge < -0.3 is 14.7 Å². The molecule has 0 aliphatic carbocycles. The van der Waals surface area contributed by atoms with Gasteiger partial charge in [0, 0.05) is 16.7 Å². The lowest BCUT2D eigenvalue weighted by Crippen LogP contribution is -2.26. The second-order valence-corrected chi connectivity index (χ2v) is 5.64. The van der Waals surface area contributed by atoms with E-state index in [9.17, 15) is 4.79 Å². The highest BCUT2D eigenvalue weighted by Gasteiger charge is 2.21. The molecule has 1 unspecified atom stereocenters. The van der Waals surface area contributed by atoms with Gasteiger partial charge in [0.1, 0.15) is 5.56 Å². The molecule has 19 heavy (non-hydrogen) atoms. The molecule has 2 heterocycles. The topological polar surface area (TPSA) is 62.7 Å². The number of hydrogen-bond acceptors (Lipinski definition) is 4. The SMILES string of the molecule is CN1CCCC1CCOc1ncc(Br)cc1C(=O)O. The standard InChI is InChI=1S/C13H17BrN2O3/c1-16-5-2-3-10(16)4-6-19-12-11(13(17)18)7-9(14)8-15-12/h7-8,10H,2-6H2,1H3,(H,17,18). The van der Waals surface area contributed by atoms with Crippen LogP contribution in [-0.4, -0.2) is 47.2 Å². The van der Waals surface area contributed by atoms with Gasteiger partial charge in [-0.3, -0.25) is 0 Å². The number of halogens is 1. The van der Waals surface area contributed by atoms with Crippen LogP contribution in [0.15, 0.2) is 16.7 Å². The van der Waals surface area contributed by atoms with Crippen LogP contribution in [0.2, 0.25) is 0 Å². The molecule has 1 aliphatic heterocycles. The van der Waals surface area contributed by atoms with Crippen LogP contribution in [0.1, 0.15) is 29.6 Å². The van der Waals surface area contributed by atoms with Crippen LogP contribution in [0.4, 0.5) is 0 Å². The zero-order valence-corrected chi connectivity index (χ0v) is 12.4. The number of aromatic carboxylic acids is 1. The summed E-state index contributed by atoms with van der Waals surface area (Å²) in [6, 6.07) is 2.04. The first-order valence-electron chi connectivity index (χ1n) is 6.30. The lowest BCUT2D eigenvalue weighted by molar-refractivity contribution is 0.0690. The zero-order chi connectivity index (χ0) is 13.8. The van der Waals surface area contributed by atoms with E-state index in [1.54, 1.807) is 6.20 Å². The number of hydrogen-bond donors (Lipinski definition) is 1. The smallest absolute Gasteiger partial charge is 0.341 e. The molecular formula is C13H17BrN2O3. The number of carboxylic acids is 1. The number of aromatic nitrogens is 1. The van der Waals surface area contributed by atoms with Gasteiger partial charge in [0.2, 0.25) is 5.88 Å². The van der Waals surface area contributed by atoms with Crippen molar-refractivity contribution in [2.75, 3.05) is 20.2 Å². The minimum atomic E-state index is -1.03. The summed E-state index contributed by atoms with van der Waals surface area (Å²) in [5, 5.41) is 9.09. The first-order valence-corrected chi connectivity index (χ1v) is 7.09. The third-order valence-corrected chi connectivity index (χ3v) is 3.84. The summed E-state index contributed by atoms with van der Waals surface area (Å²) < 4.78 is 6.16.